The topological polar surface area (TPSA) is 254 Å². The number of hydrogen-bond donors (Lipinski definition) is 6. The van der Waals surface area contributed by atoms with Crippen molar-refractivity contribution < 1.29 is 43.0 Å². The Hall–Kier alpha value is -5.22. The third-order valence-electron chi connectivity index (χ3n) is 6.93. The Morgan fingerprint density at radius 3 is 2.31 bits per heavy atom. The van der Waals surface area contributed by atoms with Crippen LogP contribution in [0, 0.1) is 0 Å². The molecule has 48 heavy (non-hydrogen) atoms. The largest absolute Gasteiger partial charge is 0.457 e. The van der Waals surface area contributed by atoms with Gasteiger partial charge in [0.25, 0.3) is 5.91 Å². The van der Waals surface area contributed by atoms with Gasteiger partial charge in [0.2, 0.25) is 23.6 Å². The van der Waals surface area contributed by atoms with Crippen LogP contribution in [0.2, 0.25) is 0 Å². The van der Waals surface area contributed by atoms with Crippen LogP contribution in [-0.4, -0.2) is 103 Å². The Bertz CT molecular complexity index is 1390. The molecule has 5 amide bonds. The van der Waals surface area contributed by atoms with Crippen LogP contribution in [0.25, 0.3) is 0 Å². The highest BCUT2D eigenvalue weighted by molar-refractivity contribution is 5.99. The molecular weight excluding hydrogens is 628 g/mol. The fraction of sp³-hybridized carbons (Fsp3) is 0.548. The lowest BCUT2D eigenvalue weighted by Gasteiger charge is -2.30. The fourth-order valence-electron chi connectivity index (χ4n) is 4.58. The van der Waals surface area contributed by atoms with Crippen molar-refractivity contribution in [1.29, 1.82) is 0 Å². The number of guanidine groups is 1. The van der Waals surface area contributed by atoms with Crippen molar-refractivity contribution in [3.8, 4) is 0 Å². The zero-order valence-electron chi connectivity index (χ0n) is 27.9. The second-order valence-electron chi connectivity index (χ2n) is 12.1. The van der Waals surface area contributed by atoms with Crippen LogP contribution in [0.1, 0.15) is 69.3 Å². The molecule has 1 heterocycles. The Labute approximate surface area is 278 Å². The quantitative estimate of drug-likeness (QED) is 0.0767. The van der Waals surface area contributed by atoms with Gasteiger partial charge in [-0.1, -0.05) is 19.1 Å². The van der Waals surface area contributed by atoms with Crippen molar-refractivity contribution in [3.05, 3.63) is 35.4 Å². The molecule has 0 unspecified atom stereocenters. The number of amides is 5. The second kappa shape index (κ2) is 18.2. The predicted octanol–water partition coefficient (Wildman–Crippen LogP) is -1.42. The number of nitrogens with one attached hydrogen (secondary N) is 4. The molecule has 1 aliphatic heterocycles. The summed E-state index contributed by atoms with van der Waals surface area (Å²) in [6.45, 7) is 5.39. The molecule has 0 spiro atoms. The average molecular weight is 675 g/mol. The lowest BCUT2D eigenvalue weighted by atomic mass is 10.1. The number of nitrogens with two attached hydrogens (primary N) is 2. The van der Waals surface area contributed by atoms with Gasteiger partial charge in [-0.3, -0.25) is 33.8 Å². The summed E-state index contributed by atoms with van der Waals surface area (Å²) >= 11 is 0. The number of ether oxygens (including phenoxy) is 2. The van der Waals surface area contributed by atoms with Crippen LogP contribution in [0.15, 0.2) is 29.3 Å². The smallest absolute Gasteiger partial charge is 0.344 e. The summed E-state index contributed by atoms with van der Waals surface area (Å²) in [5.41, 5.74) is 10.7. The first-order valence-electron chi connectivity index (χ1n) is 15.4. The van der Waals surface area contributed by atoms with Gasteiger partial charge in [-0.2, -0.15) is 0 Å². The first kappa shape index (κ1) is 39.0. The van der Waals surface area contributed by atoms with Crippen molar-refractivity contribution in [1.82, 2.24) is 26.2 Å². The van der Waals surface area contributed by atoms with Crippen molar-refractivity contribution in [2.75, 3.05) is 26.7 Å². The van der Waals surface area contributed by atoms with E-state index in [2.05, 4.69) is 26.3 Å². The lowest BCUT2D eigenvalue weighted by Crippen LogP contribution is -2.55. The van der Waals surface area contributed by atoms with Crippen LogP contribution >= 0.6 is 0 Å². The van der Waals surface area contributed by atoms with Gasteiger partial charge in [0.1, 0.15) is 23.7 Å². The van der Waals surface area contributed by atoms with Crippen LogP contribution in [0.3, 0.4) is 0 Å². The SMILES string of the molecule is CC[C@H]1NC(=O)c2cccc(c2)CNC(=O)[C@H](CC(=O)OCC(=O)OC(C)(C)C)NC(=O)CNC(=O)[C@H](CCCN=C(N)N)N(C)C1=O. The Balaban J connectivity index is 2.36. The molecule has 17 heteroatoms. The molecule has 1 aliphatic rings. The van der Waals surface area contributed by atoms with Crippen molar-refractivity contribution in [2.24, 2.45) is 16.5 Å². The zero-order valence-corrected chi connectivity index (χ0v) is 27.9. The van der Waals surface area contributed by atoms with Crippen LogP contribution in [0.4, 0.5) is 0 Å². The molecule has 0 radical (unpaired) electrons. The summed E-state index contributed by atoms with van der Waals surface area (Å²) < 4.78 is 10.1. The number of nitrogens with zero attached hydrogens (tertiary/aromatic N) is 2. The minimum atomic E-state index is -1.46. The summed E-state index contributed by atoms with van der Waals surface area (Å²) in [6, 6.07) is 2.76. The molecule has 2 bridgehead atoms. The third-order valence-corrected chi connectivity index (χ3v) is 6.93. The standard InChI is InChI=1S/C31H46N8O9/c1-6-20-29(46)39(5)22(11-8-12-34-30(32)33)28(45)36-16-23(40)37-21(14-24(41)47-17-25(42)48-31(2,3)4)27(44)35-15-18-9-7-10-19(13-18)26(43)38-20/h7,9-10,13,20-22H,6,8,11-12,14-17H2,1-5H3,(H,35,44)(H,36,45)(H,37,40)(H,38,43)(H4,32,33,34)/t20-,21+,22+/m1/s1. The van der Waals surface area contributed by atoms with Crippen molar-refractivity contribution in [2.45, 2.75) is 83.6 Å². The Morgan fingerprint density at radius 1 is 0.979 bits per heavy atom. The number of carbonyl (C=O) groups is 7. The van der Waals surface area contributed by atoms with Crippen LogP contribution in [0.5, 0.6) is 0 Å². The number of esters is 2. The molecule has 0 aromatic heterocycles. The van der Waals surface area contributed by atoms with Gasteiger partial charge in [-0.15, -0.1) is 0 Å². The second-order valence-corrected chi connectivity index (χ2v) is 12.1. The first-order chi connectivity index (χ1) is 22.5. The summed E-state index contributed by atoms with van der Waals surface area (Å²) in [7, 11) is 1.41. The maximum Gasteiger partial charge on any atom is 0.344 e. The molecule has 2 rings (SSSR count). The molecular formula is C31H46N8O9. The molecule has 0 aliphatic carbocycles. The van der Waals surface area contributed by atoms with E-state index in [1.54, 1.807) is 39.8 Å². The molecule has 1 aromatic rings. The van der Waals surface area contributed by atoms with Gasteiger partial charge < -0.3 is 47.1 Å². The zero-order chi connectivity index (χ0) is 36.0. The number of hydrogen-bond acceptors (Lipinski definition) is 10. The molecule has 0 saturated carbocycles. The average Bonchev–Trinajstić information content (AvgIpc) is 3.01. The maximum absolute atomic E-state index is 13.5. The van der Waals surface area contributed by atoms with E-state index in [0.29, 0.717) is 12.0 Å². The fourth-order valence-corrected chi connectivity index (χ4v) is 4.58. The van der Waals surface area contributed by atoms with E-state index in [9.17, 15) is 33.6 Å². The van der Waals surface area contributed by atoms with E-state index in [-0.39, 0.29) is 37.5 Å². The number of likely N-dealkylation sites (N-methyl/N-ethyl adjacent to an activating group) is 1. The highest BCUT2D eigenvalue weighted by Gasteiger charge is 2.32. The summed E-state index contributed by atoms with van der Waals surface area (Å²) in [4.78, 5) is 95.8. The number of aliphatic imine (C=N–C) groups is 1. The van der Waals surface area contributed by atoms with Gasteiger partial charge in [0.15, 0.2) is 12.6 Å². The van der Waals surface area contributed by atoms with E-state index in [1.807, 2.05) is 0 Å². The van der Waals surface area contributed by atoms with Gasteiger partial charge in [-0.05, 0) is 57.7 Å². The van der Waals surface area contributed by atoms with Crippen LogP contribution in [-0.2, 0) is 44.8 Å². The molecule has 8 N–H and O–H groups in total. The normalized spacial score (nSPS) is 19.8. The highest BCUT2D eigenvalue weighted by Crippen LogP contribution is 2.12. The van der Waals surface area contributed by atoms with Crippen molar-refractivity contribution >= 4 is 47.4 Å². The number of rotatable bonds is 9. The number of fused-ring (bicyclic) bond motifs is 2. The van der Waals surface area contributed by atoms with E-state index in [0.717, 1.165) is 0 Å². The lowest BCUT2D eigenvalue weighted by molar-refractivity contribution is -0.166. The minimum Gasteiger partial charge on any atom is -0.457 e. The monoisotopic (exact) mass is 674 g/mol. The van der Waals surface area contributed by atoms with E-state index >= 15 is 0 Å². The van der Waals surface area contributed by atoms with Crippen molar-refractivity contribution in [3.63, 3.8) is 0 Å². The van der Waals surface area contributed by atoms with E-state index in [4.69, 9.17) is 20.9 Å². The van der Waals surface area contributed by atoms with Crippen LogP contribution < -0.4 is 32.7 Å². The molecule has 0 saturated heterocycles. The molecule has 17 nitrogen and oxygen atoms in total. The molecule has 1 aromatic carbocycles. The molecule has 3 atom stereocenters. The summed E-state index contributed by atoms with van der Waals surface area (Å²) in [6.07, 6.45) is -0.0341. The number of benzene rings is 1. The highest BCUT2D eigenvalue weighted by atomic mass is 16.6. The Kier molecular flexibility index (Phi) is 14.8. The van der Waals surface area contributed by atoms with Gasteiger partial charge in [0, 0.05) is 25.7 Å². The van der Waals surface area contributed by atoms with E-state index < -0.39 is 84.8 Å². The third kappa shape index (κ3) is 13.3. The summed E-state index contributed by atoms with van der Waals surface area (Å²) in [5, 5.41) is 10.2. The molecule has 0 fully saturated rings. The van der Waals surface area contributed by atoms with Gasteiger partial charge in [0.05, 0.1) is 13.0 Å². The van der Waals surface area contributed by atoms with Gasteiger partial charge >= 0.3 is 11.9 Å². The molecule has 264 valence electrons. The first-order valence-corrected chi connectivity index (χ1v) is 15.4. The van der Waals surface area contributed by atoms with E-state index in [1.165, 1.54) is 24.1 Å². The summed E-state index contributed by atoms with van der Waals surface area (Å²) in [5.74, 6) is -5.29. The van der Waals surface area contributed by atoms with Gasteiger partial charge in [-0.25, -0.2) is 4.79 Å². The number of carbonyl (C=O) groups excluding carboxylic acids is 7. The minimum absolute atomic E-state index is 0.0869. The maximum atomic E-state index is 13.5. The predicted molar refractivity (Wildman–Crippen MR) is 173 cm³/mol. The Morgan fingerprint density at radius 2 is 1.67 bits per heavy atom.